The zero-order valence-corrected chi connectivity index (χ0v) is 17.3. The van der Waals surface area contributed by atoms with Crippen LogP contribution in [0.3, 0.4) is 0 Å². The Labute approximate surface area is 173 Å². The van der Waals surface area contributed by atoms with E-state index in [0.29, 0.717) is 0 Å². The summed E-state index contributed by atoms with van der Waals surface area (Å²) in [7, 11) is -1.53. The van der Waals surface area contributed by atoms with Crippen molar-refractivity contribution in [2.75, 3.05) is 32.2 Å². The summed E-state index contributed by atoms with van der Waals surface area (Å²) in [6.07, 6.45) is 0. The maximum atomic E-state index is 12.9. The molecule has 0 aliphatic rings. The molecule has 2 aromatic carbocycles. The maximum absolute atomic E-state index is 12.9. The van der Waals surface area contributed by atoms with Crippen molar-refractivity contribution >= 4 is 27.6 Å². The highest BCUT2D eigenvalue weighted by Crippen LogP contribution is 2.35. The van der Waals surface area contributed by atoms with E-state index >= 15 is 0 Å². The predicted octanol–water partition coefficient (Wildman–Crippen LogP) is 2.23. The van der Waals surface area contributed by atoms with Crippen molar-refractivity contribution in [1.29, 1.82) is 0 Å². The average Bonchev–Trinajstić information content (AvgIpc) is 2.67. The van der Waals surface area contributed by atoms with Gasteiger partial charge in [0.2, 0.25) is 0 Å². The fourth-order valence-corrected chi connectivity index (χ4v) is 3.89. The van der Waals surface area contributed by atoms with Crippen LogP contribution in [0.4, 0.5) is 5.69 Å². The van der Waals surface area contributed by atoms with Crippen molar-refractivity contribution < 1.29 is 42.4 Å². The number of hydrogen-bond donors (Lipinski definition) is 3. The highest BCUT2D eigenvalue weighted by Gasteiger charge is 2.24. The lowest BCUT2D eigenvalue weighted by Gasteiger charge is -2.16. The second-order valence-electron chi connectivity index (χ2n) is 6.09. The highest BCUT2D eigenvalue weighted by atomic mass is 32.2. The highest BCUT2D eigenvalue weighted by molar-refractivity contribution is 7.92. The molecule has 3 N–H and O–H groups in total. The number of ether oxygens (including phenoxy) is 3. The van der Waals surface area contributed by atoms with Gasteiger partial charge in [-0.05, 0) is 24.6 Å². The van der Waals surface area contributed by atoms with Gasteiger partial charge in [-0.2, -0.15) is 0 Å². The molecule has 0 unspecified atom stereocenters. The number of nitrogens with one attached hydrogen (secondary N) is 1. The topological polar surface area (TPSA) is 148 Å². The summed E-state index contributed by atoms with van der Waals surface area (Å²) < 4.78 is 43.5. The normalized spacial score (nSPS) is 11.0. The number of anilines is 1. The molecule has 0 aromatic heterocycles. The predicted molar refractivity (Wildman–Crippen MR) is 106 cm³/mol. The summed E-state index contributed by atoms with van der Waals surface area (Å²) in [4.78, 5) is 22.6. The van der Waals surface area contributed by atoms with E-state index in [4.69, 9.17) is 19.3 Å². The van der Waals surface area contributed by atoms with Crippen LogP contribution in [0.25, 0.3) is 0 Å². The standard InChI is InChI=1S/C19H21NO9S/c1-11-4-5-12(18(21)22)8-17(11)30(25,26)20-14-10-16(29-7-6-27-2)15(28-3)9-13(14)19(23)24/h4-5,8-10,20H,6-7H2,1-3H3,(H,21,22)(H,23,24). The van der Waals surface area contributed by atoms with E-state index in [1.807, 2.05) is 0 Å². The van der Waals surface area contributed by atoms with Crippen LogP contribution in [0.15, 0.2) is 35.2 Å². The number of carboxylic acids is 2. The first-order valence-electron chi connectivity index (χ1n) is 8.54. The first kappa shape index (κ1) is 23.0. The number of rotatable bonds is 10. The van der Waals surface area contributed by atoms with Gasteiger partial charge in [-0.15, -0.1) is 0 Å². The molecule has 0 bridgehead atoms. The summed E-state index contributed by atoms with van der Waals surface area (Å²) in [6.45, 7) is 1.85. The van der Waals surface area contributed by atoms with Crippen LogP contribution in [0.5, 0.6) is 11.5 Å². The van der Waals surface area contributed by atoms with E-state index in [-0.39, 0.29) is 52.0 Å². The molecule has 0 aliphatic carbocycles. The zero-order valence-electron chi connectivity index (χ0n) is 16.5. The van der Waals surface area contributed by atoms with Crippen LogP contribution in [-0.4, -0.2) is 58.0 Å². The Bertz CT molecular complexity index is 1060. The summed E-state index contributed by atoms with van der Waals surface area (Å²) in [5, 5.41) is 18.6. The molecule has 0 saturated carbocycles. The smallest absolute Gasteiger partial charge is 0.337 e. The molecule has 2 aromatic rings. The largest absolute Gasteiger partial charge is 0.493 e. The Morgan fingerprint density at radius 1 is 1.00 bits per heavy atom. The van der Waals surface area contributed by atoms with Gasteiger partial charge >= 0.3 is 11.9 Å². The summed E-state index contributed by atoms with van der Waals surface area (Å²) in [5.41, 5.74) is -0.579. The third-order valence-corrected chi connectivity index (χ3v) is 5.56. The second-order valence-corrected chi connectivity index (χ2v) is 7.74. The van der Waals surface area contributed by atoms with Crippen molar-refractivity contribution in [1.82, 2.24) is 0 Å². The van der Waals surface area contributed by atoms with E-state index in [1.165, 1.54) is 39.3 Å². The number of hydrogen-bond acceptors (Lipinski definition) is 7. The van der Waals surface area contributed by atoms with Crippen molar-refractivity contribution in [2.24, 2.45) is 0 Å². The van der Waals surface area contributed by atoms with Gasteiger partial charge in [-0.3, -0.25) is 4.72 Å². The van der Waals surface area contributed by atoms with E-state index < -0.39 is 22.0 Å². The van der Waals surface area contributed by atoms with Gasteiger partial charge in [0, 0.05) is 19.2 Å². The van der Waals surface area contributed by atoms with Gasteiger partial charge < -0.3 is 24.4 Å². The molecule has 0 saturated heterocycles. The van der Waals surface area contributed by atoms with Gasteiger partial charge in [0.25, 0.3) is 10.0 Å². The quantitative estimate of drug-likeness (QED) is 0.474. The lowest BCUT2D eigenvalue weighted by atomic mass is 10.1. The first-order valence-corrected chi connectivity index (χ1v) is 10.0. The van der Waals surface area contributed by atoms with Gasteiger partial charge in [0.1, 0.15) is 6.61 Å². The molecule has 11 heteroatoms. The molecule has 0 radical (unpaired) electrons. The lowest BCUT2D eigenvalue weighted by molar-refractivity contribution is 0.0686. The van der Waals surface area contributed by atoms with E-state index in [2.05, 4.69) is 4.72 Å². The number of carboxylic acid groups (broad SMARTS) is 2. The van der Waals surface area contributed by atoms with Crippen LogP contribution in [0.1, 0.15) is 26.3 Å². The van der Waals surface area contributed by atoms with Gasteiger partial charge in [0.15, 0.2) is 11.5 Å². The number of carbonyl (C=O) groups is 2. The molecule has 30 heavy (non-hydrogen) atoms. The number of aryl methyl sites for hydroxylation is 1. The number of methoxy groups -OCH3 is 2. The molecule has 0 fully saturated rings. The Morgan fingerprint density at radius 2 is 1.70 bits per heavy atom. The monoisotopic (exact) mass is 439 g/mol. The minimum atomic E-state index is -4.32. The molecule has 0 aliphatic heterocycles. The Kier molecular flexibility index (Phi) is 7.24. The number of aromatic carboxylic acids is 2. The number of benzene rings is 2. The van der Waals surface area contributed by atoms with E-state index in [9.17, 15) is 23.1 Å². The number of sulfonamides is 1. The Morgan fingerprint density at radius 3 is 2.27 bits per heavy atom. The van der Waals surface area contributed by atoms with E-state index in [1.54, 1.807) is 0 Å². The zero-order chi connectivity index (χ0) is 22.5. The molecular formula is C19H21NO9S. The van der Waals surface area contributed by atoms with Crippen LogP contribution in [0.2, 0.25) is 0 Å². The van der Waals surface area contributed by atoms with Gasteiger partial charge in [-0.25, -0.2) is 18.0 Å². The lowest BCUT2D eigenvalue weighted by Crippen LogP contribution is -2.18. The average molecular weight is 439 g/mol. The van der Waals surface area contributed by atoms with E-state index in [0.717, 1.165) is 12.1 Å². The van der Waals surface area contributed by atoms with Crippen LogP contribution in [0, 0.1) is 6.92 Å². The molecule has 0 amide bonds. The summed E-state index contributed by atoms with van der Waals surface area (Å²) >= 11 is 0. The molecule has 10 nitrogen and oxygen atoms in total. The summed E-state index contributed by atoms with van der Waals surface area (Å²) in [5.74, 6) is -2.50. The molecule has 0 atom stereocenters. The van der Waals surface area contributed by atoms with Crippen molar-refractivity contribution in [3.8, 4) is 11.5 Å². The van der Waals surface area contributed by atoms with Crippen LogP contribution >= 0.6 is 0 Å². The molecule has 0 spiro atoms. The minimum absolute atomic E-state index is 0.0931. The Hall–Kier alpha value is -3.31. The molecular weight excluding hydrogens is 418 g/mol. The first-order chi connectivity index (χ1) is 14.1. The SMILES string of the molecule is COCCOc1cc(NS(=O)(=O)c2cc(C(=O)O)ccc2C)c(C(=O)O)cc1OC. The van der Waals surface area contributed by atoms with Crippen molar-refractivity contribution in [3.63, 3.8) is 0 Å². The second kappa shape index (κ2) is 9.46. The van der Waals surface area contributed by atoms with Crippen LogP contribution in [-0.2, 0) is 14.8 Å². The molecule has 0 heterocycles. The van der Waals surface area contributed by atoms with Gasteiger partial charge in [0.05, 0.1) is 35.4 Å². The van der Waals surface area contributed by atoms with Crippen molar-refractivity contribution in [3.05, 3.63) is 47.0 Å². The molecule has 2 rings (SSSR count). The minimum Gasteiger partial charge on any atom is -0.493 e. The van der Waals surface area contributed by atoms with Gasteiger partial charge in [-0.1, -0.05) is 6.07 Å². The van der Waals surface area contributed by atoms with Crippen LogP contribution < -0.4 is 14.2 Å². The molecule has 162 valence electrons. The fraction of sp³-hybridized carbons (Fsp3) is 0.263. The maximum Gasteiger partial charge on any atom is 0.337 e. The van der Waals surface area contributed by atoms with Crippen molar-refractivity contribution in [2.45, 2.75) is 11.8 Å². The third kappa shape index (κ3) is 5.19. The fourth-order valence-electron chi connectivity index (χ4n) is 2.55. The summed E-state index contributed by atoms with van der Waals surface area (Å²) in [6, 6.07) is 5.94. The third-order valence-electron chi connectivity index (χ3n) is 4.05. The Balaban J connectivity index is 2.54.